The summed E-state index contributed by atoms with van der Waals surface area (Å²) >= 11 is 4.22. The molecule has 0 fully saturated rings. The van der Waals surface area contributed by atoms with Crippen LogP contribution in [0.5, 0.6) is 0 Å². The molecule has 1 heterocycles. The predicted octanol–water partition coefficient (Wildman–Crippen LogP) is 5.81. The molecule has 0 N–H and O–H groups in total. The zero-order chi connectivity index (χ0) is 16.4. The Bertz CT molecular complexity index is 787. The summed E-state index contributed by atoms with van der Waals surface area (Å²) in [6.07, 6.45) is 1.96. The number of imidazole rings is 1. The third-order valence-electron chi connectivity index (χ3n) is 4.01. The van der Waals surface area contributed by atoms with E-state index in [2.05, 4.69) is 90.6 Å². The summed E-state index contributed by atoms with van der Waals surface area (Å²) in [5.41, 5.74) is 4.78. The maximum atomic E-state index is 4.54. The lowest BCUT2D eigenvalue weighted by Crippen LogP contribution is -2.01. The molecule has 118 valence electrons. The fourth-order valence-corrected chi connectivity index (χ4v) is 3.39. The number of hydrogen-bond acceptors (Lipinski definition) is 3. The molecule has 23 heavy (non-hydrogen) atoms. The van der Waals surface area contributed by atoms with Crippen LogP contribution in [0.15, 0.2) is 59.6 Å². The SMILES string of the molecule is CC(C)c1ncc(-c2ccc(-c3ccc(SS)cc3)cc2)n1C. The second-order valence-electron chi connectivity index (χ2n) is 5.91. The average Bonchev–Trinajstić information content (AvgIpc) is 2.97. The molecule has 0 aliphatic rings. The van der Waals surface area contributed by atoms with Crippen molar-refractivity contribution < 1.29 is 0 Å². The molecular formula is C19H20N2S2. The lowest BCUT2D eigenvalue weighted by Gasteiger charge is -2.09. The smallest absolute Gasteiger partial charge is 0.111 e. The van der Waals surface area contributed by atoms with Gasteiger partial charge in [0.25, 0.3) is 0 Å². The molecule has 0 amide bonds. The number of benzene rings is 2. The Morgan fingerprint density at radius 2 is 1.43 bits per heavy atom. The summed E-state index contributed by atoms with van der Waals surface area (Å²) < 4.78 is 2.18. The summed E-state index contributed by atoms with van der Waals surface area (Å²) in [6.45, 7) is 4.34. The number of hydrogen-bond donors (Lipinski definition) is 1. The van der Waals surface area contributed by atoms with E-state index in [1.807, 2.05) is 6.20 Å². The van der Waals surface area contributed by atoms with Gasteiger partial charge in [0.15, 0.2) is 0 Å². The molecule has 1 aromatic heterocycles. The third-order valence-corrected chi connectivity index (χ3v) is 5.13. The van der Waals surface area contributed by atoms with Gasteiger partial charge in [0.1, 0.15) is 5.82 Å². The van der Waals surface area contributed by atoms with Crippen LogP contribution in [0.25, 0.3) is 22.4 Å². The van der Waals surface area contributed by atoms with Crippen LogP contribution in [0.1, 0.15) is 25.6 Å². The zero-order valence-corrected chi connectivity index (χ0v) is 15.2. The standard InChI is InChI=1S/C19H20N2S2/c1-13(2)19-20-12-18(21(19)3)16-6-4-14(5-7-16)15-8-10-17(23-22)11-9-15/h4-13,22H,1-3H3. The van der Waals surface area contributed by atoms with E-state index in [0.29, 0.717) is 5.92 Å². The fourth-order valence-electron chi connectivity index (χ4n) is 2.77. The lowest BCUT2D eigenvalue weighted by atomic mass is 10.0. The van der Waals surface area contributed by atoms with E-state index in [1.165, 1.54) is 27.5 Å². The van der Waals surface area contributed by atoms with Gasteiger partial charge in [-0.25, -0.2) is 4.98 Å². The highest BCUT2D eigenvalue weighted by Crippen LogP contribution is 2.28. The first-order chi connectivity index (χ1) is 11.1. The first-order valence-corrected chi connectivity index (χ1v) is 9.51. The minimum atomic E-state index is 0.427. The van der Waals surface area contributed by atoms with E-state index in [1.54, 1.807) is 0 Å². The molecule has 2 aromatic carbocycles. The quantitative estimate of drug-likeness (QED) is 0.477. The van der Waals surface area contributed by atoms with Gasteiger partial charge in [-0.05, 0) is 28.8 Å². The van der Waals surface area contributed by atoms with Crippen molar-refractivity contribution >= 4 is 22.5 Å². The number of thiol groups is 1. The molecule has 0 saturated carbocycles. The van der Waals surface area contributed by atoms with Crippen molar-refractivity contribution in [1.82, 2.24) is 9.55 Å². The number of nitrogens with zero attached hydrogens (tertiary/aromatic N) is 2. The van der Waals surface area contributed by atoms with E-state index in [9.17, 15) is 0 Å². The minimum absolute atomic E-state index is 0.427. The van der Waals surface area contributed by atoms with Crippen molar-refractivity contribution in [3.8, 4) is 22.4 Å². The Morgan fingerprint density at radius 1 is 0.913 bits per heavy atom. The largest absolute Gasteiger partial charge is 0.331 e. The highest BCUT2D eigenvalue weighted by Gasteiger charge is 2.11. The Balaban J connectivity index is 1.89. The molecule has 0 spiro atoms. The van der Waals surface area contributed by atoms with Crippen LogP contribution in [0.3, 0.4) is 0 Å². The molecule has 0 aliphatic heterocycles. The second kappa shape index (κ2) is 6.85. The van der Waals surface area contributed by atoms with Crippen LogP contribution in [-0.4, -0.2) is 9.55 Å². The van der Waals surface area contributed by atoms with Gasteiger partial charge >= 0.3 is 0 Å². The predicted molar refractivity (Wildman–Crippen MR) is 103 cm³/mol. The van der Waals surface area contributed by atoms with Crippen molar-refractivity contribution in [3.63, 3.8) is 0 Å². The van der Waals surface area contributed by atoms with Gasteiger partial charge in [0, 0.05) is 17.9 Å². The van der Waals surface area contributed by atoms with Crippen LogP contribution in [-0.2, 0) is 7.05 Å². The summed E-state index contributed by atoms with van der Waals surface area (Å²) in [4.78, 5) is 5.70. The minimum Gasteiger partial charge on any atom is -0.331 e. The molecule has 0 aliphatic carbocycles. The van der Waals surface area contributed by atoms with Gasteiger partial charge in [-0.2, -0.15) is 0 Å². The van der Waals surface area contributed by atoms with E-state index >= 15 is 0 Å². The number of aromatic nitrogens is 2. The Hall–Kier alpha value is -1.65. The molecule has 4 heteroatoms. The molecule has 0 bridgehead atoms. The first kappa shape index (κ1) is 16.2. The molecular weight excluding hydrogens is 320 g/mol. The summed E-state index contributed by atoms with van der Waals surface area (Å²) in [5, 5.41) is 0. The van der Waals surface area contributed by atoms with Crippen LogP contribution in [0.2, 0.25) is 0 Å². The number of rotatable bonds is 4. The van der Waals surface area contributed by atoms with Gasteiger partial charge in [-0.1, -0.05) is 61.0 Å². The topological polar surface area (TPSA) is 17.8 Å². The van der Waals surface area contributed by atoms with E-state index < -0.39 is 0 Å². The van der Waals surface area contributed by atoms with E-state index in [4.69, 9.17) is 0 Å². The first-order valence-electron chi connectivity index (χ1n) is 7.64. The van der Waals surface area contributed by atoms with Crippen molar-refractivity contribution in [3.05, 3.63) is 60.6 Å². The van der Waals surface area contributed by atoms with Crippen LogP contribution in [0, 0.1) is 0 Å². The Labute approximate surface area is 146 Å². The molecule has 2 nitrogen and oxygen atoms in total. The van der Waals surface area contributed by atoms with Gasteiger partial charge in [-0.3, -0.25) is 0 Å². The maximum Gasteiger partial charge on any atom is 0.111 e. The van der Waals surface area contributed by atoms with E-state index in [0.717, 1.165) is 16.4 Å². The molecule has 0 saturated heterocycles. The molecule has 0 atom stereocenters. The van der Waals surface area contributed by atoms with Crippen molar-refractivity contribution in [1.29, 1.82) is 0 Å². The second-order valence-corrected chi connectivity index (χ2v) is 7.11. The molecule has 3 aromatic rings. The zero-order valence-electron chi connectivity index (χ0n) is 13.5. The van der Waals surface area contributed by atoms with Gasteiger partial charge in [-0.15, -0.1) is 11.7 Å². The molecule has 0 unspecified atom stereocenters. The van der Waals surface area contributed by atoms with Crippen LogP contribution >= 0.6 is 22.5 Å². The Kier molecular flexibility index (Phi) is 4.83. The fraction of sp³-hybridized carbons (Fsp3) is 0.211. The van der Waals surface area contributed by atoms with E-state index in [-0.39, 0.29) is 0 Å². The van der Waals surface area contributed by atoms with Crippen molar-refractivity contribution in [2.75, 3.05) is 0 Å². The summed E-state index contributed by atoms with van der Waals surface area (Å²) in [5.74, 6) is 1.54. The van der Waals surface area contributed by atoms with Gasteiger partial charge in [0.2, 0.25) is 0 Å². The third kappa shape index (κ3) is 3.33. The summed E-state index contributed by atoms with van der Waals surface area (Å²) in [7, 11) is 3.55. The lowest BCUT2D eigenvalue weighted by molar-refractivity contribution is 0.714. The van der Waals surface area contributed by atoms with Gasteiger partial charge in [0.05, 0.1) is 11.9 Å². The van der Waals surface area contributed by atoms with Crippen LogP contribution < -0.4 is 0 Å². The van der Waals surface area contributed by atoms with Crippen molar-refractivity contribution in [2.45, 2.75) is 24.7 Å². The highest BCUT2D eigenvalue weighted by atomic mass is 33.1. The maximum absolute atomic E-state index is 4.54. The highest BCUT2D eigenvalue weighted by molar-refractivity contribution is 8.68. The van der Waals surface area contributed by atoms with Crippen LogP contribution in [0.4, 0.5) is 0 Å². The molecule has 0 radical (unpaired) electrons. The van der Waals surface area contributed by atoms with Gasteiger partial charge < -0.3 is 4.57 Å². The monoisotopic (exact) mass is 340 g/mol. The normalized spacial score (nSPS) is 11.2. The Morgan fingerprint density at radius 3 is 1.91 bits per heavy atom. The summed E-state index contributed by atoms with van der Waals surface area (Å²) in [6, 6.07) is 17.1. The molecule has 3 rings (SSSR count). The van der Waals surface area contributed by atoms with Crippen molar-refractivity contribution in [2.24, 2.45) is 7.05 Å². The average molecular weight is 341 g/mol.